The molecule has 0 spiro atoms. The Labute approximate surface area is 298 Å². The molecule has 16 heteroatoms. The summed E-state index contributed by atoms with van der Waals surface area (Å²) in [5.74, 6) is 0.376. The molecule has 14 nitrogen and oxygen atoms in total. The fourth-order valence-corrected chi connectivity index (χ4v) is 6.66. The molecule has 0 aliphatic heterocycles. The van der Waals surface area contributed by atoms with Crippen molar-refractivity contribution in [3.63, 3.8) is 0 Å². The number of nitrogens with one attached hydrogen (secondary N) is 2. The molecule has 0 unspecified atom stereocenters. The van der Waals surface area contributed by atoms with Crippen molar-refractivity contribution in [3.05, 3.63) is 72.6 Å². The van der Waals surface area contributed by atoms with Gasteiger partial charge in [-0.3, -0.25) is 28.7 Å². The third kappa shape index (κ3) is 13.6. The number of benzene rings is 2. The van der Waals surface area contributed by atoms with Gasteiger partial charge in [0, 0.05) is 43.9 Å². The van der Waals surface area contributed by atoms with E-state index in [0.29, 0.717) is 67.7 Å². The Morgan fingerprint density at radius 3 is 2.39 bits per heavy atom. The van der Waals surface area contributed by atoms with Crippen LogP contribution in [0.25, 0.3) is 10.9 Å². The van der Waals surface area contributed by atoms with Gasteiger partial charge in [0.05, 0.1) is 54.9 Å². The third-order valence-corrected chi connectivity index (χ3v) is 8.96. The molecule has 0 saturated carbocycles. The molecule has 1 amide bonds. The lowest BCUT2D eigenvalue weighted by molar-refractivity contribution is -0.115. The van der Waals surface area contributed by atoms with Crippen molar-refractivity contribution in [2.45, 2.75) is 65.6 Å². The van der Waals surface area contributed by atoms with Gasteiger partial charge in [0.2, 0.25) is 5.91 Å². The van der Waals surface area contributed by atoms with Gasteiger partial charge < -0.3 is 14.8 Å². The Hall–Kier alpha value is -3.98. The Morgan fingerprint density at radius 1 is 0.941 bits per heavy atom. The third-order valence-electron chi connectivity index (χ3n) is 6.92. The fourth-order valence-electron chi connectivity index (χ4n) is 4.88. The molecule has 278 valence electrons. The van der Waals surface area contributed by atoms with Gasteiger partial charge in [0.25, 0.3) is 0 Å². The van der Waals surface area contributed by atoms with Crippen LogP contribution in [0.15, 0.2) is 61.1 Å². The molecule has 51 heavy (non-hydrogen) atoms. The standard InChI is InChI=1S/C35H49FN7O7P/c1-34(2,3)49-51(45,50-35(4,5)6)48-21-18-42(17-20-46-7)16-9-19-47-29-12-13-30-31(24-29)37-25-38-33(30)41-43-28(14-15-39-43)23-32(44)40-27-11-8-10-26(36)22-27/h8,10-15,22,24-25H,9,16-21,23H2,1-7H3,(H,40,44)(H,37,38,41). The first-order chi connectivity index (χ1) is 24.1. The maximum Gasteiger partial charge on any atom is 0.475 e. The average Bonchev–Trinajstić information content (AvgIpc) is 3.45. The molecular formula is C35H49FN7O7P. The second kappa shape index (κ2) is 18.0. The summed E-state index contributed by atoms with van der Waals surface area (Å²) in [4.78, 5) is 25.0. The summed E-state index contributed by atoms with van der Waals surface area (Å²) < 4.78 is 55.5. The number of rotatable bonds is 19. The summed E-state index contributed by atoms with van der Waals surface area (Å²) in [5.41, 5.74) is 3.31. The lowest BCUT2D eigenvalue weighted by Gasteiger charge is -2.31. The molecule has 2 aromatic heterocycles. The second-order valence-corrected chi connectivity index (χ2v) is 15.2. The van der Waals surface area contributed by atoms with Gasteiger partial charge >= 0.3 is 7.82 Å². The van der Waals surface area contributed by atoms with E-state index in [2.05, 4.69) is 30.7 Å². The zero-order valence-corrected chi connectivity index (χ0v) is 31.2. The highest BCUT2D eigenvalue weighted by molar-refractivity contribution is 7.48. The van der Waals surface area contributed by atoms with Crippen LogP contribution in [0.5, 0.6) is 5.75 Å². The number of phosphoric acid groups is 1. The number of fused-ring (bicyclic) bond motifs is 1. The van der Waals surface area contributed by atoms with Gasteiger partial charge in [-0.1, -0.05) is 6.07 Å². The van der Waals surface area contributed by atoms with Gasteiger partial charge in [-0.15, -0.1) is 0 Å². The van der Waals surface area contributed by atoms with Gasteiger partial charge in [-0.25, -0.2) is 18.9 Å². The summed E-state index contributed by atoms with van der Waals surface area (Å²) in [6.07, 6.45) is 3.71. The number of nitrogens with zero attached hydrogens (tertiary/aromatic N) is 5. The number of hydrogen-bond donors (Lipinski definition) is 2. The van der Waals surface area contributed by atoms with Crippen molar-refractivity contribution in [2.24, 2.45) is 0 Å². The molecule has 2 heterocycles. The Kier molecular flexibility index (Phi) is 14.0. The first kappa shape index (κ1) is 39.8. The van der Waals surface area contributed by atoms with Gasteiger partial charge in [0.1, 0.15) is 17.9 Å². The highest BCUT2D eigenvalue weighted by Gasteiger charge is 2.37. The lowest BCUT2D eigenvalue weighted by atomic mass is 10.2. The van der Waals surface area contributed by atoms with Gasteiger partial charge in [0.15, 0.2) is 5.82 Å². The molecule has 0 fully saturated rings. The number of amides is 1. The molecule has 0 bridgehead atoms. The SMILES string of the molecule is COCCN(CCCOc1ccc2c(Nn3nccc3CC(=O)Nc3cccc(F)c3)ncnc2c1)CCOP(=O)(OC(C)(C)C)OC(C)(C)C. The number of hydrogen-bond acceptors (Lipinski definition) is 12. The number of carbonyl (C=O) groups is 1. The molecule has 0 atom stereocenters. The van der Waals surface area contributed by atoms with E-state index in [0.717, 1.165) is 5.39 Å². The number of halogens is 1. The van der Waals surface area contributed by atoms with E-state index in [1.807, 2.05) is 18.2 Å². The predicted octanol–water partition coefficient (Wildman–Crippen LogP) is 6.49. The first-order valence-corrected chi connectivity index (χ1v) is 18.2. The monoisotopic (exact) mass is 729 g/mol. The fraction of sp³-hybridized carbons (Fsp3) is 0.486. The van der Waals surface area contributed by atoms with Crippen LogP contribution in [0, 0.1) is 5.82 Å². The normalized spacial score (nSPS) is 12.4. The molecule has 0 aliphatic rings. The molecule has 0 aliphatic carbocycles. The zero-order chi connectivity index (χ0) is 37.1. The van der Waals surface area contributed by atoms with Crippen LogP contribution < -0.4 is 15.5 Å². The molecule has 0 radical (unpaired) electrons. The quantitative estimate of drug-likeness (QED) is 0.0802. The van der Waals surface area contributed by atoms with Crippen molar-refractivity contribution in [2.75, 3.05) is 57.3 Å². The molecule has 4 rings (SSSR count). The van der Waals surface area contributed by atoms with Crippen LogP contribution in [0.1, 0.15) is 53.7 Å². The topological polar surface area (TPSA) is 151 Å². The van der Waals surface area contributed by atoms with Crippen molar-refractivity contribution in [1.29, 1.82) is 0 Å². The van der Waals surface area contributed by atoms with E-state index in [1.54, 1.807) is 67.0 Å². The highest BCUT2D eigenvalue weighted by Crippen LogP contribution is 2.55. The summed E-state index contributed by atoms with van der Waals surface area (Å²) >= 11 is 0. The van der Waals surface area contributed by atoms with Crippen molar-refractivity contribution in [3.8, 4) is 5.75 Å². The minimum Gasteiger partial charge on any atom is -0.493 e. The predicted molar refractivity (Wildman–Crippen MR) is 193 cm³/mol. The Morgan fingerprint density at radius 2 is 1.69 bits per heavy atom. The van der Waals surface area contributed by atoms with E-state index >= 15 is 0 Å². The maximum atomic E-state index is 13.5. The Balaban J connectivity index is 1.30. The van der Waals surface area contributed by atoms with Gasteiger partial charge in [-0.05, 0) is 84.4 Å². The van der Waals surface area contributed by atoms with Crippen LogP contribution >= 0.6 is 7.82 Å². The largest absolute Gasteiger partial charge is 0.493 e. The molecule has 4 aromatic rings. The van der Waals surface area contributed by atoms with Crippen molar-refractivity contribution < 1.29 is 36.8 Å². The van der Waals surface area contributed by atoms with E-state index in [1.165, 1.54) is 29.3 Å². The summed E-state index contributed by atoms with van der Waals surface area (Å²) in [6.45, 7) is 13.8. The molecule has 2 aromatic carbocycles. The van der Waals surface area contributed by atoms with Crippen molar-refractivity contribution in [1.82, 2.24) is 24.8 Å². The number of anilines is 2. The zero-order valence-electron chi connectivity index (χ0n) is 30.3. The molecular weight excluding hydrogens is 680 g/mol. The van der Waals surface area contributed by atoms with Crippen LogP contribution in [0.4, 0.5) is 15.9 Å². The number of phosphoric ester groups is 1. The number of methoxy groups -OCH3 is 1. The average molecular weight is 730 g/mol. The van der Waals surface area contributed by atoms with Crippen LogP contribution in [-0.2, 0) is 34.1 Å². The summed E-state index contributed by atoms with van der Waals surface area (Å²) in [6, 6.07) is 12.9. The molecule has 0 saturated heterocycles. The van der Waals surface area contributed by atoms with Crippen LogP contribution in [0.3, 0.4) is 0 Å². The number of aromatic nitrogens is 4. The maximum absolute atomic E-state index is 13.5. The van der Waals surface area contributed by atoms with E-state index in [4.69, 9.17) is 23.0 Å². The van der Waals surface area contributed by atoms with Crippen molar-refractivity contribution >= 4 is 36.1 Å². The van der Waals surface area contributed by atoms with Crippen LogP contribution in [0.2, 0.25) is 0 Å². The van der Waals surface area contributed by atoms with Crippen LogP contribution in [-0.4, -0.2) is 88.4 Å². The summed E-state index contributed by atoms with van der Waals surface area (Å²) in [5, 5.41) is 7.70. The first-order valence-electron chi connectivity index (χ1n) is 16.7. The number of carbonyl (C=O) groups excluding carboxylic acids is 1. The minimum atomic E-state index is -3.81. The molecule has 2 N–H and O–H groups in total. The van der Waals surface area contributed by atoms with E-state index < -0.39 is 24.8 Å². The Bertz CT molecular complexity index is 1760. The minimum absolute atomic E-state index is 0.00151. The second-order valence-electron chi connectivity index (χ2n) is 13.7. The van der Waals surface area contributed by atoms with E-state index in [-0.39, 0.29) is 18.9 Å². The highest BCUT2D eigenvalue weighted by atomic mass is 31.2. The van der Waals surface area contributed by atoms with E-state index in [9.17, 15) is 13.8 Å². The number of ether oxygens (including phenoxy) is 2. The summed E-state index contributed by atoms with van der Waals surface area (Å²) in [7, 11) is -2.16. The lowest BCUT2D eigenvalue weighted by Crippen LogP contribution is -2.33. The smallest absolute Gasteiger partial charge is 0.475 e. The van der Waals surface area contributed by atoms with Gasteiger partial charge in [-0.2, -0.15) is 9.89 Å².